The van der Waals surface area contributed by atoms with E-state index in [0.717, 1.165) is 0 Å². The van der Waals surface area contributed by atoms with Crippen molar-refractivity contribution >= 4 is 11.9 Å². The largest absolute Gasteiger partial charge is 0.479 e. The van der Waals surface area contributed by atoms with Crippen molar-refractivity contribution in [2.45, 2.75) is 19.4 Å². The zero-order chi connectivity index (χ0) is 16.4. The van der Waals surface area contributed by atoms with Crippen LogP contribution in [0, 0.1) is 22.7 Å². The molecule has 0 unspecified atom stereocenters. The molecule has 0 aliphatic rings. The summed E-state index contributed by atoms with van der Waals surface area (Å²) in [5.74, 6) is -0.740. The summed E-state index contributed by atoms with van der Waals surface area (Å²) in [5.41, 5.74) is 0.483. The zero-order valence-electron chi connectivity index (χ0n) is 12.0. The number of nitrogens with one attached hydrogen (secondary N) is 1. The van der Waals surface area contributed by atoms with Crippen LogP contribution in [0.5, 0.6) is 5.75 Å². The van der Waals surface area contributed by atoms with Gasteiger partial charge in [0.05, 0.1) is 24.1 Å². The van der Waals surface area contributed by atoms with Crippen molar-refractivity contribution < 1.29 is 19.1 Å². The summed E-state index contributed by atoms with van der Waals surface area (Å²) in [6, 6.07) is 10.1. The van der Waals surface area contributed by atoms with Crippen LogP contribution in [-0.2, 0) is 14.3 Å². The third kappa shape index (κ3) is 5.93. The van der Waals surface area contributed by atoms with Crippen LogP contribution in [-0.4, -0.2) is 31.1 Å². The van der Waals surface area contributed by atoms with Gasteiger partial charge in [-0.05, 0) is 31.2 Å². The van der Waals surface area contributed by atoms with Gasteiger partial charge in [-0.2, -0.15) is 10.5 Å². The second kappa shape index (κ2) is 8.98. The van der Waals surface area contributed by atoms with Crippen LogP contribution < -0.4 is 10.1 Å². The topological polar surface area (TPSA) is 112 Å². The highest BCUT2D eigenvalue weighted by molar-refractivity contribution is 5.81. The molecule has 0 heterocycles. The van der Waals surface area contributed by atoms with Crippen LogP contribution in [0.4, 0.5) is 0 Å². The van der Waals surface area contributed by atoms with E-state index >= 15 is 0 Å². The van der Waals surface area contributed by atoms with E-state index in [0.29, 0.717) is 11.3 Å². The quantitative estimate of drug-likeness (QED) is 0.591. The highest BCUT2D eigenvalue weighted by Gasteiger charge is 2.17. The first-order valence-electron chi connectivity index (χ1n) is 6.54. The number of amides is 1. The van der Waals surface area contributed by atoms with E-state index < -0.39 is 24.6 Å². The van der Waals surface area contributed by atoms with Gasteiger partial charge in [0.1, 0.15) is 5.75 Å². The average Bonchev–Trinajstić information content (AvgIpc) is 2.53. The third-order valence-corrected chi connectivity index (χ3v) is 2.53. The summed E-state index contributed by atoms with van der Waals surface area (Å²) in [7, 11) is 0. The molecular weight excluding hydrogens is 286 g/mol. The fourth-order valence-corrected chi connectivity index (χ4v) is 1.42. The van der Waals surface area contributed by atoms with E-state index in [2.05, 4.69) is 5.32 Å². The number of benzene rings is 1. The Balaban J connectivity index is 2.37. The van der Waals surface area contributed by atoms with Crippen molar-refractivity contribution in [3.8, 4) is 17.9 Å². The van der Waals surface area contributed by atoms with E-state index in [9.17, 15) is 9.59 Å². The molecule has 7 nitrogen and oxygen atoms in total. The zero-order valence-corrected chi connectivity index (χ0v) is 12.0. The Bertz CT molecular complexity index is 599. The molecule has 0 bridgehead atoms. The standard InChI is InChI=1S/C15H15N3O4/c1-11(22-13-5-3-12(9-17)4-6-13)15(20)21-10-14(19)18-8-2-7-16/h3-6,11H,2,8,10H2,1H3,(H,18,19)/t11-/m1/s1. The second-order valence-corrected chi connectivity index (χ2v) is 4.26. The van der Waals surface area contributed by atoms with Crippen LogP contribution in [0.15, 0.2) is 24.3 Å². The van der Waals surface area contributed by atoms with E-state index in [4.69, 9.17) is 20.0 Å². The summed E-state index contributed by atoms with van der Waals surface area (Å²) in [5, 5.41) is 19.4. The maximum absolute atomic E-state index is 11.7. The van der Waals surface area contributed by atoms with Gasteiger partial charge in [-0.25, -0.2) is 4.79 Å². The van der Waals surface area contributed by atoms with Crippen LogP contribution in [0.25, 0.3) is 0 Å². The predicted octanol–water partition coefficient (Wildman–Crippen LogP) is 0.899. The summed E-state index contributed by atoms with van der Waals surface area (Å²) >= 11 is 0. The first-order chi connectivity index (χ1) is 10.6. The predicted molar refractivity (Wildman–Crippen MR) is 75.4 cm³/mol. The van der Waals surface area contributed by atoms with Crippen molar-refractivity contribution in [1.29, 1.82) is 10.5 Å². The molecule has 0 aliphatic heterocycles. The van der Waals surface area contributed by atoms with Gasteiger partial charge in [0.25, 0.3) is 5.91 Å². The third-order valence-electron chi connectivity index (χ3n) is 2.53. The molecule has 1 rings (SSSR count). The first-order valence-corrected chi connectivity index (χ1v) is 6.54. The Morgan fingerprint density at radius 3 is 2.55 bits per heavy atom. The van der Waals surface area contributed by atoms with E-state index in [-0.39, 0.29) is 13.0 Å². The minimum atomic E-state index is -0.889. The van der Waals surface area contributed by atoms with Crippen LogP contribution in [0.3, 0.4) is 0 Å². The van der Waals surface area contributed by atoms with Crippen molar-refractivity contribution in [3.05, 3.63) is 29.8 Å². The van der Waals surface area contributed by atoms with Gasteiger partial charge in [-0.15, -0.1) is 0 Å². The minimum absolute atomic E-state index is 0.192. The molecule has 0 aromatic heterocycles. The number of hydrogen-bond acceptors (Lipinski definition) is 6. The molecule has 114 valence electrons. The van der Waals surface area contributed by atoms with Gasteiger partial charge in [0, 0.05) is 6.54 Å². The van der Waals surface area contributed by atoms with Gasteiger partial charge < -0.3 is 14.8 Å². The highest BCUT2D eigenvalue weighted by Crippen LogP contribution is 2.13. The Hall–Kier alpha value is -3.06. The lowest BCUT2D eigenvalue weighted by Crippen LogP contribution is -2.33. The van der Waals surface area contributed by atoms with Crippen LogP contribution in [0.2, 0.25) is 0 Å². The number of carbonyl (C=O) groups excluding carboxylic acids is 2. The lowest BCUT2D eigenvalue weighted by molar-refractivity contribution is -0.154. The summed E-state index contributed by atoms with van der Waals surface area (Å²) < 4.78 is 10.1. The number of ether oxygens (including phenoxy) is 2. The molecule has 1 aromatic rings. The van der Waals surface area contributed by atoms with Gasteiger partial charge in [0.15, 0.2) is 12.7 Å². The van der Waals surface area contributed by atoms with Crippen LogP contribution >= 0.6 is 0 Å². The van der Waals surface area contributed by atoms with E-state index in [1.54, 1.807) is 24.3 Å². The molecule has 1 aromatic carbocycles. The van der Waals surface area contributed by atoms with Gasteiger partial charge in [-0.3, -0.25) is 4.79 Å². The highest BCUT2D eigenvalue weighted by atomic mass is 16.6. The van der Waals surface area contributed by atoms with Crippen molar-refractivity contribution in [3.63, 3.8) is 0 Å². The molecule has 0 saturated heterocycles. The number of nitrogens with zero attached hydrogens (tertiary/aromatic N) is 2. The molecular formula is C15H15N3O4. The van der Waals surface area contributed by atoms with Gasteiger partial charge in [-0.1, -0.05) is 0 Å². The molecule has 0 fully saturated rings. The smallest absolute Gasteiger partial charge is 0.347 e. The number of nitriles is 2. The van der Waals surface area contributed by atoms with Gasteiger partial charge >= 0.3 is 5.97 Å². The van der Waals surface area contributed by atoms with Crippen LogP contribution in [0.1, 0.15) is 18.9 Å². The monoisotopic (exact) mass is 301 g/mol. The minimum Gasteiger partial charge on any atom is -0.479 e. The molecule has 0 spiro atoms. The fraction of sp³-hybridized carbons (Fsp3) is 0.333. The first kappa shape index (κ1) is 17.0. The second-order valence-electron chi connectivity index (χ2n) is 4.26. The number of rotatable bonds is 7. The molecule has 0 aliphatic carbocycles. The molecule has 7 heteroatoms. The summed E-state index contributed by atoms with van der Waals surface area (Å²) in [6.45, 7) is 1.28. The van der Waals surface area contributed by atoms with Crippen molar-refractivity contribution in [2.75, 3.05) is 13.2 Å². The maximum atomic E-state index is 11.7. The Morgan fingerprint density at radius 1 is 1.27 bits per heavy atom. The number of hydrogen-bond donors (Lipinski definition) is 1. The molecule has 1 N–H and O–H groups in total. The Morgan fingerprint density at radius 2 is 1.95 bits per heavy atom. The molecule has 0 radical (unpaired) electrons. The number of carbonyl (C=O) groups is 2. The lowest BCUT2D eigenvalue weighted by Gasteiger charge is -2.13. The SMILES string of the molecule is C[C@@H](Oc1ccc(C#N)cc1)C(=O)OCC(=O)NCCC#N. The maximum Gasteiger partial charge on any atom is 0.347 e. The fourth-order valence-electron chi connectivity index (χ4n) is 1.42. The molecule has 0 saturated carbocycles. The summed E-state index contributed by atoms with van der Waals surface area (Å²) in [6.07, 6.45) is -0.697. The molecule has 1 atom stereocenters. The van der Waals surface area contributed by atoms with Gasteiger partial charge in [0.2, 0.25) is 0 Å². The summed E-state index contributed by atoms with van der Waals surface area (Å²) in [4.78, 5) is 23.0. The van der Waals surface area contributed by atoms with Crippen molar-refractivity contribution in [1.82, 2.24) is 5.32 Å². The lowest BCUT2D eigenvalue weighted by atomic mass is 10.2. The van der Waals surface area contributed by atoms with E-state index in [1.807, 2.05) is 12.1 Å². The Labute approximate surface area is 128 Å². The van der Waals surface area contributed by atoms with E-state index in [1.165, 1.54) is 6.92 Å². The molecule has 22 heavy (non-hydrogen) atoms. The molecule has 1 amide bonds. The van der Waals surface area contributed by atoms with Crippen molar-refractivity contribution in [2.24, 2.45) is 0 Å². The Kier molecular flexibility index (Phi) is 6.94. The average molecular weight is 301 g/mol. The number of esters is 1. The normalized spacial score (nSPS) is 10.7.